The maximum Gasteiger partial charge on any atom is 0.326 e. The van der Waals surface area contributed by atoms with Gasteiger partial charge in [-0.1, -0.05) is 25.1 Å². The van der Waals surface area contributed by atoms with Crippen molar-refractivity contribution < 1.29 is 23.9 Å². The Bertz CT molecular complexity index is 847. The molecule has 0 aliphatic heterocycles. The summed E-state index contributed by atoms with van der Waals surface area (Å²) >= 11 is 0. The van der Waals surface area contributed by atoms with E-state index in [9.17, 15) is 19.2 Å². The van der Waals surface area contributed by atoms with E-state index < -0.39 is 23.9 Å². The molecule has 0 radical (unpaired) electrons. The van der Waals surface area contributed by atoms with E-state index in [1.165, 1.54) is 6.92 Å². The zero-order chi connectivity index (χ0) is 20.5. The van der Waals surface area contributed by atoms with Crippen molar-refractivity contribution in [1.82, 2.24) is 5.32 Å². The molecule has 1 atom stereocenters. The zero-order valence-corrected chi connectivity index (χ0v) is 15.7. The van der Waals surface area contributed by atoms with Crippen LogP contribution in [0, 0.1) is 0 Å². The molecular formula is C21H22N2O5. The van der Waals surface area contributed by atoms with Crippen LogP contribution in [0.1, 0.15) is 41.0 Å². The van der Waals surface area contributed by atoms with Crippen molar-refractivity contribution in [3.63, 3.8) is 0 Å². The van der Waals surface area contributed by atoms with Gasteiger partial charge in [0.15, 0.2) is 11.9 Å². The molecule has 1 unspecified atom stereocenters. The zero-order valence-electron chi connectivity index (χ0n) is 15.7. The molecule has 28 heavy (non-hydrogen) atoms. The van der Waals surface area contributed by atoms with Crippen molar-refractivity contribution in [3.8, 4) is 0 Å². The van der Waals surface area contributed by atoms with Gasteiger partial charge in [0, 0.05) is 16.8 Å². The van der Waals surface area contributed by atoms with Gasteiger partial charge in [-0.2, -0.15) is 0 Å². The first kappa shape index (κ1) is 20.8. The Kier molecular flexibility index (Phi) is 7.45. The average Bonchev–Trinajstić information content (AvgIpc) is 2.71. The van der Waals surface area contributed by atoms with E-state index >= 15 is 0 Å². The molecule has 2 aromatic carbocycles. The van der Waals surface area contributed by atoms with Crippen molar-refractivity contribution in [3.05, 3.63) is 65.7 Å². The molecular weight excluding hydrogens is 360 g/mol. The number of hydrogen-bond donors (Lipinski definition) is 2. The number of ketones is 1. The smallest absolute Gasteiger partial charge is 0.326 e. The summed E-state index contributed by atoms with van der Waals surface area (Å²) in [5.41, 5.74) is 1.45. The van der Waals surface area contributed by atoms with Crippen LogP contribution in [0.5, 0.6) is 0 Å². The summed E-state index contributed by atoms with van der Waals surface area (Å²) in [5, 5.41) is 5.10. The lowest BCUT2D eigenvalue weighted by molar-refractivity contribution is -0.153. The Morgan fingerprint density at radius 2 is 1.57 bits per heavy atom. The molecule has 7 nitrogen and oxygen atoms in total. The van der Waals surface area contributed by atoms with E-state index in [2.05, 4.69) is 10.6 Å². The molecule has 2 rings (SSSR count). The molecule has 0 spiro atoms. The predicted molar refractivity (Wildman–Crippen MR) is 104 cm³/mol. The van der Waals surface area contributed by atoms with Crippen LogP contribution in [0.15, 0.2) is 54.6 Å². The number of ether oxygens (including phenoxy) is 1. The van der Waals surface area contributed by atoms with E-state index in [1.54, 1.807) is 61.5 Å². The molecule has 0 aromatic heterocycles. The van der Waals surface area contributed by atoms with Gasteiger partial charge in [-0.05, 0) is 49.7 Å². The lowest BCUT2D eigenvalue weighted by Gasteiger charge is -2.16. The summed E-state index contributed by atoms with van der Waals surface area (Å²) in [5.74, 6) is -1.67. The lowest BCUT2D eigenvalue weighted by Crippen LogP contribution is -2.37. The lowest BCUT2D eigenvalue weighted by atomic mass is 10.1. The van der Waals surface area contributed by atoms with Gasteiger partial charge in [0.1, 0.15) is 6.54 Å². The van der Waals surface area contributed by atoms with Gasteiger partial charge in [0.2, 0.25) is 0 Å². The number of nitrogens with one attached hydrogen (secondary N) is 2. The van der Waals surface area contributed by atoms with Crippen molar-refractivity contribution in [1.29, 1.82) is 0 Å². The second-order valence-electron chi connectivity index (χ2n) is 6.06. The van der Waals surface area contributed by atoms with Crippen LogP contribution in [-0.4, -0.2) is 36.2 Å². The van der Waals surface area contributed by atoms with E-state index in [1.807, 2.05) is 0 Å². The Hall–Kier alpha value is -3.48. The van der Waals surface area contributed by atoms with Crippen molar-refractivity contribution >= 4 is 29.3 Å². The van der Waals surface area contributed by atoms with Gasteiger partial charge in [0.05, 0.1) is 0 Å². The van der Waals surface area contributed by atoms with Gasteiger partial charge < -0.3 is 15.4 Å². The van der Waals surface area contributed by atoms with Crippen molar-refractivity contribution in [2.45, 2.75) is 26.4 Å². The Labute approximate surface area is 163 Å². The fourth-order valence-electron chi connectivity index (χ4n) is 2.38. The fourth-order valence-corrected chi connectivity index (χ4v) is 2.38. The number of rotatable bonds is 8. The van der Waals surface area contributed by atoms with Gasteiger partial charge in [-0.25, -0.2) is 0 Å². The number of esters is 1. The summed E-state index contributed by atoms with van der Waals surface area (Å²) in [6.07, 6.45) is -0.718. The van der Waals surface area contributed by atoms with Crippen LogP contribution in [0.4, 0.5) is 5.69 Å². The first-order valence-electron chi connectivity index (χ1n) is 8.85. The number of amides is 2. The molecule has 146 valence electrons. The summed E-state index contributed by atoms with van der Waals surface area (Å²) < 4.78 is 5.16. The highest BCUT2D eigenvalue weighted by Gasteiger charge is 2.21. The normalized spacial score (nSPS) is 11.2. The largest absolute Gasteiger partial charge is 0.451 e. The maximum atomic E-state index is 12.3. The second-order valence-corrected chi connectivity index (χ2v) is 6.06. The molecule has 2 N–H and O–H groups in total. The Balaban J connectivity index is 1.86. The van der Waals surface area contributed by atoms with E-state index in [-0.39, 0.29) is 18.7 Å². The molecule has 0 saturated heterocycles. The highest BCUT2D eigenvalue weighted by molar-refractivity contribution is 5.98. The monoisotopic (exact) mass is 382 g/mol. The van der Waals surface area contributed by atoms with Gasteiger partial charge >= 0.3 is 5.97 Å². The molecule has 0 aliphatic carbocycles. The number of carbonyl (C=O) groups is 4. The van der Waals surface area contributed by atoms with Crippen LogP contribution in [0.2, 0.25) is 0 Å². The third-order valence-electron chi connectivity index (χ3n) is 3.93. The number of Topliss-reactive ketones (excluding diaryl/α,β-unsaturated/α-hetero) is 1. The minimum Gasteiger partial charge on any atom is -0.451 e. The summed E-state index contributed by atoms with van der Waals surface area (Å²) in [4.78, 5) is 47.5. The number of benzene rings is 2. The van der Waals surface area contributed by atoms with E-state index in [4.69, 9.17) is 4.74 Å². The highest BCUT2D eigenvalue weighted by atomic mass is 16.5. The first-order chi connectivity index (χ1) is 13.4. The average molecular weight is 382 g/mol. The van der Waals surface area contributed by atoms with Crippen LogP contribution < -0.4 is 10.6 Å². The topological polar surface area (TPSA) is 102 Å². The van der Waals surface area contributed by atoms with Crippen LogP contribution in [0.3, 0.4) is 0 Å². The molecule has 0 saturated carbocycles. The highest BCUT2D eigenvalue weighted by Crippen LogP contribution is 2.12. The van der Waals surface area contributed by atoms with Crippen molar-refractivity contribution in [2.24, 2.45) is 0 Å². The van der Waals surface area contributed by atoms with Gasteiger partial charge in [0.25, 0.3) is 11.8 Å². The van der Waals surface area contributed by atoms with E-state index in [0.717, 1.165) is 0 Å². The van der Waals surface area contributed by atoms with Crippen LogP contribution in [0.25, 0.3) is 0 Å². The second kappa shape index (κ2) is 10.0. The van der Waals surface area contributed by atoms with E-state index in [0.29, 0.717) is 16.8 Å². The number of hydrogen-bond acceptors (Lipinski definition) is 5. The molecule has 2 aromatic rings. The number of anilines is 1. The van der Waals surface area contributed by atoms with Crippen LogP contribution >= 0.6 is 0 Å². The fraction of sp³-hybridized carbons (Fsp3) is 0.238. The van der Waals surface area contributed by atoms with Gasteiger partial charge in [-0.15, -0.1) is 0 Å². The molecule has 0 fully saturated rings. The Morgan fingerprint density at radius 3 is 2.14 bits per heavy atom. The predicted octanol–water partition coefficient (Wildman–Crippen LogP) is 2.58. The molecule has 0 bridgehead atoms. The third kappa shape index (κ3) is 6.05. The minimum atomic E-state index is -0.992. The van der Waals surface area contributed by atoms with Gasteiger partial charge in [-0.3, -0.25) is 19.2 Å². The Morgan fingerprint density at radius 1 is 0.929 bits per heavy atom. The minimum absolute atomic E-state index is 0.0733. The summed E-state index contributed by atoms with van der Waals surface area (Å²) in [7, 11) is 0. The molecule has 0 heterocycles. The maximum absolute atomic E-state index is 12.3. The van der Waals surface area contributed by atoms with Crippen molar-refractivity contribution in [2.75, 3.05) is 11.9 Å². The standard InChI is InChI=1S/C21H22N2O5/c1-3-18(21(27)23-17-11-9-15(10-12-17)14(2)24)28-19(25)13-22-20(26)16-7-5-4-6-8-16/h4-12,18H,3,13H2,1-2H3,(H,22,26)(H,23,27). The molecule has 2 amide bonds. The molecule has 7 heteroatoms. The van der Waals surface area contributed by atoms with Crippen LogP contribution in [-0.2, 0) is 14.3 Å². The summed E-state index contributed by atoms with van der Waals surface area (Å²) in [6, 6.07) is 14.9. The number of carbonyl (C=O) groups excluding carboxylic acids is 4. The SMILES string of the molecule is CCC(OC(=O)CNC(=O)c1ccccc1)C(=O)Nc1ccc(C(C)=O)cc1. The quantitative estimate of drug-likeness (QED) is 0.540. The first-order valence-corrected chi connectivity index (χ1v) is 8.85. The summed E-state index contributed by atoms with van der Waals surface area (Å²) in [6.45, 7) is 2.82. The molecule has 0 aliphatic rings. The third-order valence-corrected chi connectivity index (χ3v) is 3.93.